The van der Waals surface area contributed by atoms with Gasteiger partial charge in [0.15, 0.2) is 0 Å². The SMILES string of the molecule is CC(C)NCc1cnn(Cc2c(F)ccc(Br)c2F)c1. The zero-order valence-corrected chi connectivity index (χ0v) is 12.9. The summed E-state index contributed by atoms with van der Waals surface area (Å²) in [5.74, 6) is -1.15. The predicted octanol–water partition coefficient (Wildman–Crippen LogP) is 3.47. The van der Waals surface area contributed by atoms with E-state index in [0.717, 1.165) is 5.56 Å². The van der Waals surface area contributed by atoms with E-state index in [1.54, 1.807) is 12.4 Å². The second-order valence-corrected chi connectivity index (χ2v) is 5.76. The van der Waals surface area contributed by atoms with Crippen LogP contribution in [0.2, 0.25) is 0 Å². The van der Waals surface area contributed by atoms with Gasteiger partial charge in [-0.15, -0.1) is 0 Å². The molecule has 0 unspecified atom stereocenters. The molecule has 0 aliphatic heterocycles. The summed E-state index contributed by atoms with van der Waals surface area (Å²) in [4.78, 5) is 0. The first-order valence-electron chi connectivity index (χ1n) is 6.34. The van der Waals surface area contributed by atoms with Gasteiger partial charge >= 0.3 is 0 Å². The van der Waals surface area contributed by atoms with Crippen molar-refractivity contribution in [1.29, 1.82) is 0 Å². The Morgan fingerprint density at radius 1 is 1.35 bits per heavy atom. The quantitative estimate of drug-likeness (QED) is 0.842. The van der Waals surface area contributed by atoms with E-state index in [9.17, 15) is 8.78 Å². The maximum Gasteiger partial charge on any atom is 0.145 e. The van der Waals surface area contributed by atoms with Crippen molar-refractivity contribution in [2.75, 3.05) is 0 Å². The van der Waals surface area contributed by atoms with Crippen LogP contribution in [-0.2, 0) is 13.1 Å². The van der Waals surface area contributed by atoms with E-state index in [2.05, 4.69) is 40.2 Å². The Balaban J connectivity index is 2.13. The van der Waals surface area contributed by atoms with Gasteiger partial charge in [-0.05, 0) is 28.1 Å². The van der Waals surface area contributed by atoms with E-state index in [0.29, 0.717) is 12.6 Å². The monoisotopic (exact) mass is 343 g/mol. The summed E-state index contributed by atoms with van der Waals surface area (Å²) in [5.41, 5.74) is 0.986. The molecule has 6 heteroatoms. The molecule has 1 aromatic carbocycles. The zero-order valence-electron chi connectivity index (χ0n) is 11.3. The summed E-state index contributed by atoms with van der Waals surface area (Å²) in [5, 5.41) is 7.39. The lowest BCUT2D eigenvalue weighted by atomic mass is 10.2. The normalized spacial score (nSPS) is 11.3. The van der Waals surface area contributed by atoms with Crippen molar-refractivity contribution in [2.45, 2.75) is 33.0 Å². The number of hydrogen-bond donors (Lipinski definition) is 1. The van der Waals surface area contributed by atoms with E-state index in [4.69, 9.17) is 0 Å². The van der Waals surface area contributed by atoms with Crippen LogP contribution in [0.25, 0.3) is 0 Å². The Kier molecular flexibility index (Phi) is 4.88. The molecule has 1 heterocycles. The van der Waals surface area contributed by atoms with Crippen molar-refractivity contribution < 1.29 is 8.78 Å². The molecule has 2 aromatic rings. The highest BCUT2D eigenvalue weighted by molar-refractivity contribution is 9.10. The molecule has 3 nitrogen and oxygen atoms in total. The van der Waals surface area contributed by atoms with E-state index < -0.39 is 11.6 Å². The Morgan fingerprint density at radius 2 is 2.10 bits per heavy atom. The van der Waals surface area contributed by atoms with Crippen molar-refractivity contribution >= 4 is 15.9 Å². The van der Waals surface area contributed by atoms with Gasteiger partial charge in [0.1, 0.15) is 11.6 Å². The van der Waals surface area contributed by atoms with Gasteiger partial charge in [-0.25, -0.2) is 8.78 Å². The topological polar surface area (TPSA) is 29.9 Å². The van der Waals surface area contributed by atoms with Crippen LogP contribution >= 0.6 is 15.9 Å². The largest absolute Gasteiger partial charge is 0.310 e. The fourth-order valence-electron chi connectivity index (χ4n) is 1.78. The summed E-state index contributed by atoms with van der Waals surface area (Å²) in [6.07, 6.45) is 3.48. The number of benzene rings is 1. The average molecular weight is 344 g/mol. The van der Waals surface area contributed by atoms with Crippen LogP contribution in [0, 0.1) is 11.6 Å². The van der Waals surface area contributed by atoms with Crippen molar-refractivity contribution in [2.24, 2.45) is 0 Å². The first-order chi connectivity index (χ1) is 9.47. The van der Waals surface area contributed by atoms with Gasteiger partial charge in [-0.2, -0.15) is 5.10 Å². The molecule has 0 amide bonds. The minimum absolute atomic E-state index is 0.00541. The number of hydrogen-bond acceptors (Lipinski definition) is 2. The number of nitrogens with one attached hydrogen (secondary N) is 1. The Hall–Kier alpha value is -1.27. The molecule has 0 saturated carbocycles. The molecule has 0 aliphatic carbocycles. The Morgan fingerprint density at radius 3 is 2.80 bits per heavy atom. The van der Waals surface area contributed by atoms with Gasteiger partial charge in [0.2, 0.25) is 0 Å². The lowest BCUT2D eigenvalue weighted by molar-refractivity contribution is 0.529. The van der Waals surface area contributed by atoms with Gasteiger partial charge in [0.25, 0.3) is 0 Å². The molecule has 0 saturated heterocycles. The number of halogens is 3. The van der Waals surface area contributed by atoms with Gasteiger partial charge in [0.05, 0.1) is 17.2 Å². The standard InChI is InChI=1S/C14H16BrF2N3/c1-9(2)18-5-10-6-19-20(7-10)8-11-13(16)4-3-12(15)14(11)17/h3-4,6-7,9,18H,5,8H2,1-2H3. The lowest BCUT2D eigenvalue weighted by Crippen LogP contribution is -2.21. The van der Waals surface area contributed by atoms with Crippen LogP contribution in [0.15, 0.2) is 29.0 Å². The molecule has 108 valence electrons. The summed E-state index contributed by atoms with van der Waals surface area (Å²) in [6.45, 7) is 4.85. The molecule has 0 bridgehead atoms. The summed E-state index contributed by atoms with van der Waals surface area (Å²) in [7, 11) is 0. The Bertz CT molecular complexity index is 596. The van der Waals surface area contributed by atoms with Crippen LogP contribution in [0.5, 0.6) is 0 Å². The molecule has 0 fully saturated rings. The molecule has 0 spiro atoms. The van der Waals surface area contributed by atoms with Crippen LogP contribution in [0.1, 0.15) is 25.0 Å². The van der Waals surface area contributed by atoms with E-state index in [1.807, 2.05) is 0 Å². The summed E-state index contributed by atoms with van der Waals surface area (Å²) in [6, 6.07) is 2.97. The predicted molar refractivity (Wildman–Crippen MR) is 77.4 cm³/mol. The molecule has 20 heavy (non-hydrogen) atoms. The minimum atomic E-state index is -0.581. The highest BCUT2D eigenvalue weighted by Crippen LogP contribution is 2.22. The third-order valence-electron chi connectivity index (χ3n) is 2.86. The number of rotatable bonds is 5. The highest BCUT2D eigenvalue weighted by Gasteiger charge is 2.13. The molecular formula is C14H16BrF2N3. The molecule has 1 aromatic heterocycles. The van der Waals surface area contributed by atoms with Crippen LogP contribution in [-0.4, -0.2) is 15.8 Å². The molecule has 2 rings (SSSR count). The molecule has 1 N–H and O–H groups in total. The molecule has 0 atom stereocenters. The van der Waals surface area contributed by atoms with Crippen molar-refractivity contribution in [3.05, 3.63) is 51.8 Å². The molecular weight excluding hydrogens is 328 g/mol. The summed E-state index contributed by atoms with van der Waals surface area (Å²) < 4.78 is 29.3. The fourth-order valence-corrected chi connectivity index (χ4v) is 2.15. The smallest absolute Gasteiger partial charge is 0.145 e. The van der Waals surface area contributed by atoms with Gasteiger partial charge in [0, 0.05) is 29.9 Å². The van der Waals surface area contributed by atoms with Crippen molar-refractivity contribution in [1.82, 2.24) is 15.1 Å². The van der Waals surface area contributed by atoms with Crippen LogP contribution in [0.3, 0.4) is 0 Å². The van der Waals surface area contributed by atoms with Gasteiger partial charge in [-0.1, -0.05) is 13.8 Å². The first-order valence-corrected chi connectivity index (χ1v) is 7.13. The first kappa shape index (κ1) is 15.1. The Labute approximate surface area is 125 Å². The fraction of sp³-hybridized carbons (Fsp3) is 0.357. The third-order valence-corrected chi connectivity index (χ3v) is 3.47. The van der Waals surface area contributed by atoms with Crippen molar-refractivity contribution in [3.8, 4) is 0 Å². The summed E-state index contributed by atoms with van der Waals surface area (Å²) >= 11 is 3.06. The number of nitrogens with zero attached hydrogens (tertiary/aromatic N) is 2. The average Bonchev–Trinajstić information content (AvgIpc) is 2.85. The van der Waals surface area contributed by atoms with E-state index in [1.165, 1.54) is 16.8 Å². The van der Waals surface area contributed by atoms with Crippen molar-refractivity contribution in [3.63, 3.8) is 0 Å². The molecule has 0 radical (unpaired) electrons. The highest BCUT2D eigenvalue weighted by atomic mass is 79.9. The number of aromatic nitrogens is 2. The van der Waals surface area contributed by atoms with Gasteiger partial charge in [-0.3, -0.25) is 4.68 Å². The minimum Gasteiger partial charge on any atom is -0.310 e. The molecule has 0 aliphatic rings. The lowest BCUT2D eigenvalue weighted by Gasteiger charge is -2.07. The third kappa shape index (κ3) is 3.64. The zero-order chi connectivity index (χ0) is 14.7. The second kappa shape index (κ2) is 6.45. The van der Waals surface area contributed by atoms with Crippen LogP contribution in [0.4, 0.5) is 8.78 Å². The maximum absolute atomic E-state index is 13.9. The second-order valence-electron chi connectivity index (χ2n) is 4.90. The van der Waals surface area contributed by atoms with Gasteiger partial charge < -0.3 is 5.32 Å². The van der Waals surface area contributed by atoms with Crippen LogP contribution < -0.4 is 5.32 Å². The maximum atomic E-state index is 13.9. The van der Waals surface area contributed by atoms with E-state index in [-0.39, 0.29) is 16.6 Å². The van der Waals surface area contributed by atoms with E-state index >= 15 is 0 Å².